The number of hydrogen-bond donors (Lipinski definition) is 1. The van der Waals surface area contributed by atoms with Crippen LogP contribution in [0.4, 0.5) is 5.82 Å². The molecule has 1 aliphatic rings. The molecule has 1 saturated heterocycles. The van der Waals surface area contributed by atoms with Crippen LogP contribution in [0.25, 0.3) is 11.0 Å². The number of nitrogens with zero attached hydrogens (tertiary/aromatic N) is 5. The van der Waals surface area contributed by atoms with Gasteiger partial charge in [-0.25, -0.2) is 9.97 Å². The third-order valence-electron chi connectivity index (χ3n) is 4.62. The van der Waals surface area contributed by atoms with Gasteiger partial charge < -0.3 is 9.73 Å². The van der Waals surface area contributed by atoms with Gasteiger partial charge >= 0.3 is 0 Å². The van der Waals surface area contributed by atoms with E-state index >= 15 is 0 Å². The third-order valence-corrected chi connectivity index (χ3v) is 4.62. The molecule has 0 unspecified atom stereocenters. The number of aromatic nitrogens is 4. The first-order valence-corrected chi connectivity index (χ1v) is 8.40. The van der Waals surface area contributed by atoms with Crippen LogP contribution in [0.3, 0.4) is 0 Å². The largest absolute Gasteiger partial charge is 0.468 e. The predicted octanol–water partition coefficient (Wildman–Crippen LogP) is 2.51. The van der Waals surface area contributed by atoms with Gasteiger partial charge in [-0.05, 0) is 45.0 Å². The van der Waals surface area contributed by atoms with Gasteiger partial charge in [-0.2, -0.15) is 5.10 Å². The van der Waals surface area contributed by atoms with E-state index in [1.54, 1.807) is 10.9 Å². The highest BCUT2D eigenvalue weighted by molar-refractivity contribution is 5.86. The summed E-state index contributed by atoms with van der Waals surface area (Å²) in [6.45, 7) is 4.87. The topological polar surface area (TPSA) is 72.0 Å². The first-order valence-electron chi connectivity index (χ1n) is 8.40. The minimum atomic E-state index is 0.212. The molecule has 4 rings (SSSR count). The van der Waals surface area contributed by atoms with Crippen LogP contribution in [0.2, 0.25) is 0 Å². The fourth-order valence-corrected chi connectivity index (χ4v) is 3.40. The Morgan fingerprint density at radius 2 is 2.12 bits per heavy atom. The van der Waals surface area contributed by atoms with Gasteiger partial charge in [-0.3, -0.25) is 9.58 Å². The highest BCUT2D eigenvalue weighted by atomic mass is 16.3. The Labute approximate surface area is 140 Å². The number of fused-ring (bicyclic) bond motifs is 1. The van der Waals surface area contributed by atoms with Crippen LogP contribution in [-0.4, -0.2) is 44.3 Å². The lowest BCUT2D eigenvalue weighted by Gasteiger charge is -2.26. The zero-order valence-electron chi connectivity index (χ0n) is 14.1. The lowest BCUT2D eigenvalue weighted by Crippen LogP contribution is -2.31. The molecular weight excluding hydrogens is 304 g/mol. The average molecular weight is 326 g/mol. The molecule has 0 saturated carbocycles. The van der Waals surface area contributed by atoms with Crippen molar-refractivity contribution < 1.29 is 4.42 Å². The number of hydrogen-bond acceptors (Lipinski definition) is 6. The van der Waals surface area contributed by atoms with Crippen molar-refractivity contribution in [2.24, 2.45) is 7.05 Å². The molecule has 0 aliphatic carbocycles. The lowest BCUT2D eigenvalue weighted by atomic mass is 10.2. The van der Waals surface area contributed by atoms with E-state index in [1.165, 1.54) is 12.8 Å². The maximum Gasteiger partial charge on any atom is 0.163 e. The van der Waals surface area contributed by atoms with Crippen LogP contribution >= 0.6 is 0 Å². The van der Waals surface area contributed by atoms with Gasteiger partial charge in [0.25, 0.3) is 0 Å². The van der Waals surface area contributed by atoms with Crippen molar-refractivity contribution in [3.8, 4) is 0 Å². The highest BCUT2D eigenvalue weighted by Crippen LogP contribution is 2.27. The van der Waals surface area contributed by atoms with E-state index in [0.29, 0.717) is 0 Å². The molecular formula is C17H22N6O. The minimum Gasteiger partial charge on any atom is -0.468 e. The van der Waals surface area contributed by atoms with E-state index < -0.39 is 0 Å². The first kappa shape index (κ1) is 15.1. The van der Waals surface area contributed by atoms with Crippen LogP contribution in [0.1, 0.15) is 30.5 Å². The maximum absolute atomic E-state index is 5.68. The van der Waals surface area contributed by atoms with Gasteiger partial charge in [0, 0.05) is 13.6 Å². The van der Waals surface area contributed by atoms with Crippen molar-refractivity contribution in [2.75, 3.05) is 25.0 Å². The molecule has 4 heterocycles. The van der Waals surface area contributed by atoms with Gasteiger partial charge in [0.1, 0.15) is 17.4 Å². The Bertz CT molecular complexity index is 819. The SMILES string of the molecule is Cc1nc(NC[C@@H](c2ccco2)N2CCCC2)c2cnn(C)c2n1. The maximum atomic E-state index is 5.68. The molecule has 24 heavy (non-hydrogen) atoms. The van der Waals surface area contributed by atoms with Gasteiger partial charge in [0.05, 0.1) is 23.9 Å². The molecule has 126 valence electrons. The average Bonchev–Trinajstić information content (AvgIpc) is 3.31. The molecule has 0 amide bonds. The van der Waals surface area contributed by atoms with Crippen molar-refractivity contribution in [2.45, 2.75) is 25.8 Å². The van der Waals surface area contributed by atoms with E-state index in [-0.39, 0.29) is 6.04 Å². The zero-order chi connectivity index (χ0) is 16.5. The van der Waals surface area contributed by atoms with E-state index in [0.717, 1.165) is 48.1 Å². The second-order valence-corrected chi connectivity index (χ2v) is 6.28. The normalized spacial score (nSPS) is 16.8. The van der Waals surface area contributed by atoms with Crippen LogP contribution in [0, 0.1) is 6.92 Å². The van der Waals surface area contributed by atoms with Crippen LogP contribution < -0.4 is 5.32 Å². The van der Waals surface area contributed by atoms with Gasteiger partial charge in [-0.15, -0.1) is 0 Å². The van der Waals surface area contributed by atoms with E-state index in [9.17, 15) is 0 Å². The molecule has 1 fully saturated rings. The third kappa shape index (κ3) is 2.75. The van der Waals surface area contributed by atoms with Crippen LogP contribution in [-0.2, 0) is 7.05 Å². The molecule has 1 N–H and O–H groups in total. The molecule has 0 spiro atoms. The summed E-state index contributed by atoms with van der Waals surface area (Å²) in [6.07, 6.45) is 6.05. The smallest absolute Gasteiger partial charge is 0.163 e. The monoisotopic (exact) mass is 326 g/mol. The number of furan rings is 1. The molecule has 1 atom stereocenters. The summed E-state index contributed by atoms with van der Waals surface area (Å²) >= 11 is 0. The minimum absolute atomic E-state index is 0.212. The number of aryl methyl sites for hydroxylation is 2. The number of likely N-dealkylation sites (tertiary alicyclic amines) is 1. The van der Waals surface area contributed by atoms with Crippen LogP contribution in [0.5, 0.6) is 0 Å². The summed E-state index contributed by atoms with van der Waals surface area (Å²) < 4.78 is 7.46. The van der Waals surface area contributed by atoms with Gasteiger partial charge in [0.2, 0.25) is 0 Å². The van der Waals surface area contributed by atoms with Crippen molar-refractivity contribution in [1.29, 1.82) is 0 Å². The molecule has 3 aromatic rings. The van der Waals surface area contributed by atoms with Crippen molar-refractivity contribution in [3.63, 3.8) is 0 Å². The number of nitrogens with one attached hydrogen (secondary N) is 1. The molecule has 7 heteroatoms. The Hall–Kier alpha value is -2.41. The van der Waals surface area contributed by atoms with E-state index in [1.807, 2.05) is 26.2 Å². The Balaban J connectivity index is 1.60. The quantitative estimate of drug-likeness (QED) is 0.777. The van der Waals surface area contributed by atoms with Gasteiger partial charge in [0.15, 0.2) is 5.65 Å². The van der Waals surface area contributed by atoms with Crippen molar-refractivity contribution in [1.82, 2.24) is 24.6 Å². The van der Waals surface area contributed by atoms with Crippen LogP contribution in [0.15, 0.2) is 29.0 Å². The Kier molecular flexibility index (Phi) is 3.93. The Morgan fingerprint density at radius 1 is 1.29 bits per heavy atom. The fourth-order valence-electron chi connectivity index (χ4n) is 3.40. The van der Waals surface area contributed by atoms with Gasteiger partial charge in [-0.1, -0.05) is 0 Å². The summed E-state index contributed by atoms with van der Waals surface area (Å²) in [5, 5.41) is 8.75. The van der Waals surface area contributed by atoms with Crippen molar-refractivity contribution >= 4 is 16.9 Å². The second kappa shape index (κ2) is 6.24. The molecule has 7 nitrogen and oxygen atoms in total. The second-order valence-electron chi connectivity index (χ2n) is 6.28. The summed E-state index contributed by atoms with van der Waals surface area (Å²) in [7, 11) is 1.90. The fraction of sp³-hybridized carbons (Fsp3) is 0.471. The Morgan fingerprint density at radius 3 is 2.88 bits per heavy atom. The molecule has 1 aliphatic heterocycles. The predicted molar refractivity (Wildman–Crippen MR) is 91.8 cm³/mol. The van der Waals surface area contributed by atoms with E-state index in [4.69, 9.17) is 4.42 Å². The summed E-state index contributed by atoms with van der Waals surface area (Å²) in [5.41, 5.74) is 0.848. The summed E-state index contributed by atoms with van der Waals surface area (Å²) in [4.78, 5) is 11.5. The summed E-state index contributed by atoms with van der Waals surface area (Å²) in [5.74, 6) is 2.57. The molecule has 3 aromatic heterocycles. The molecule has 0 radical (unpaired) electrons. The lowest BCUT2D eigenvalue weighted by molar-refractivity contribution is 0.225. The zero-order valence-corrected chi connectivity index (χ0v) is 14.1. The number of rotatable bonds is 5. The first-order chi connectivity index (χ1) is 11.7. The van der Waals surface area contributed by atoms with E-state index in [2.05, 4.69) is 31.3 Å². The number of anilines is 1. The standard InChI is InChI=1S/C17H22N6O/c1-12-20-16(13-10-19-22(2)17(13)21-12)18-11-14(15-6-5-9-24-15)23-7-3-4-8-23/h5-6,9-10,14H,3-4,7-8,11H2,1-2H3,(H,18,20,21)/t14-/m0/s1. The molecule has 0 bridgehead atoms. The highest BCUT2D eigenvalue weighted by Gasteiger charge is 2.25. The van der Waals surface area contributed by atoms with Crippen molar-refractivity contribution in [3.05, 3.63) is 36.2 Å². The summed E-state index contributed by atoms with van der Waals surface area (Å²) in [6, 6.07) is 4.21. The molecule has 0 aromatic carbocycles.